The fraction of sp³-hybridized carbons (Fsp3) is 0.714. The standard InChI is InChI=1S/C28H37NO12/c1-4-37-25(34)41-28(22(32)16-39-24(33)38-12-5-13-40-29(35)36)11-9-20-19-7-6-17-14-18(30)8-10-26(17,2)23(19)21(31)15-27(20,28)3/h8,10,14,19-21,23,31H,4-7,9,11-13,15-16H2,1-3H3/t19?,20?,21?,23?,26-,27-,28-/m0/s1. The smallest absolute Gasteiger partial charge is 0.435 e. The molecular formula is C28H37NO12. The van der Waals surface area contributed by atoms with Crippen molar-refractivity contribution in [1.29, 1.82) is 0 Å². The Morgan fingerprint density at radius 3 is 2.59 bits per heavy atom. The number of nitrogens with zero attached hydrogens (tertiary/aromatic N) is 1. The van der Waals surface area contributed by atoms with Gasteiger partial charge in [-0.05, 0) is 63.0 Å². The molecule has 0 spiro atoms. The summed E-state index contributed by atoms with van der Waals surface area (Å²) in [7, 11) is 0. The van der Waals surface area contributed by atoms with Crippen LogP contribution in [0.25, 0.3) is 0 Å². The first kappa shape index (κ1) is 30.5. The highest BCUT2D eigenvalue weighted by molar-refractivity contribution is 6.01. The number of aliphatic hydroxyl groups is 1. The summed E-state index contributed by atoms with van der Waals surface area (Å²) in [4.78, 5) is 65.0. The van der Waals surface area contributed by atoms with Crippen LogP contribution in [0.5, 0.6) is 0 Å². The Morgan fingerprint density at radius 2 is 1.88 bits per heavy atom. The fourth-order valence-corrected chi connectivity index (χ4v) is 7.92. The van der Waals surface area contributed by atoms with Crippen LogP contribution in [0.4, 0.5) is 9.59 Å². The zero-order valence-corrected chi connectivity index (χ0v) is 23.5. The molecule has 0 radical (unpaired) electrons. The fourth-order valence-electron chi connectivity index (χ4n) is 7.92. The zero-order chi connectivity index (χ0) is 30.0. The summed E-state index contributed by atoms with van der Waals surface area (Å²) in [6.07, 6.45) is 4.31. The Hall–Kier alpha value is -3.48. The zero-order valence-electron chi connectivity index (χ0n) is 23.5. The Balaban J connectivity index is 1.54. The average Bonchev–Trinajstić information content (AvgIpc) is 3.19. The first-order valence-corrected chi connectivity index (χ1v) is 14.0. The first-order chi connectivity index (χ1) is 19.4. The van der Waals surface area contributed by atoms with Crippen LogP contribution >= 0.6 is 0 Å². The molecule has 0 heterocycles. The lowest BCUT2D eigenvalue weighted by Gasteiger charge is -2.59. The number of Topliss-reactive ketones (excluding diaryl/α,β-unsaturated/α-hetero) is 1. The predicted molar refractivity (Wildman–Crippen MR) is 139 cm³/mol. The van der Waals surface area contributed by atoms with Gasteiger partial charge in [-0.15, -0.1) is 10.1 Å². The van der Waals surface area contributed by atoms with E-state index in [1.807, 2.05) is 19.9 Å². The molecule has 4 rings (SSSR count). The largest absolute Gasteiger partial charge is 0.509 e. The minimum absolute atomic E-state index is 0.0171. The third kappa shape index (κ3) is 5.55. The highest BCUT2D eigenvalue weighted by Gasteiger charge is 2.70. The lowest BCUT2D eigenvalue weighted by atomic mass is 9.46. The van der Waals surface area contributed by atoms with Crippen LogP contribution in [0.2, 0.25) is 0 Å². The molecule has 0 aliphatic heterocycles. The van der Waals surface area contributed by atoms with Crippen LogP contribution in [0.15, 0.2) is 23.8 Å². The number of ketones is 2. The molecular weight excluding hydrogens is 542 g/mol. The number of allylic oxidation sites excluding steroid dienone is 4. The molecule has 4 aliphatic rings. The summed E-state index contributed by atoms with van der Waals surface area (Å²) >= 11 is 0. The summed E-state index contributed by atoms with van der Waals surface area (Å²) in [5.74, 6) is -1.03. The average molecular weight is 580 g/mol. The van der Waals surface area contributed by atoms with Gasteiger partial charge in [-0.2, -0.15) is 0 Å². The molecule has 0 bridgehead atoms. The monoisotopic (exact) mass is 579 g/mol. The molecule has 0 aromatic heterocycles. The number of carbonyl (C=O) groups excluding carboxylic acids is 4. The van der Waals surface area contributed by atoms with Gasteiger partial charge in [-0.1, -0.05) is 25.5 Å². The minimum Gasteiger partial charge on any atom is -0.435 e. The number of carbonyl (C=O) groups is 4. The van der Waals surface area contributed by atoms with Crippen molar-refractivity contribution in [2.24, 2.45) is 28.6 Å². The molecule has 3 saturated carbocycles. The van der Waals surface area contributed by atoms with Crippen molar-refractivity contribution in [3.63, 3.8) is 0 Å². The van der Waals surface area contributed by atoms with Gasteiger partial charge >= 0.3 is 12.3 Å². The van der Waals surface area contributed by atoms with Gasteiger partial charge in [0, 0.05) is 23.2 Å². The minimum atomic E-state index is -1.72. The van der Waals surface area contributed by atoms with Gasteiger partial charge in [-0.25, -0.2) is 9.59 Å². The topological polar surface area (TPSA) is 178 Å². The lowest BCUT2D eigenvalue weighted by molar-refractivity contribution is -0.757. The van der Waals surface area contributed by atoms with Gasteiger partial charge in [-0.3, -0.25) is 9.59 Å². The quantitative estimate of drug-likeness (QED) is 0.173. The Labute approximate surface area is 237 Å². The molecule has 1 N–H and O–H groups in total. The third-order valence-corrected chi connectivity index (χ3v) is 9.61. The van der Waals surface area contributed by atoms with E-state index in [-0.39, 0.29) is 62.6 Å². The maximum Gasteiger partial charge on any atom is 0.509 e. The van der Waals surface area contributed by atoms with E-state index in [1.165, 1.54) is 0 Å². The molecule has 13 heteroatoms. The van der Waals surface area contributed by atoms with E-state index in [2.05, 4.69) is 4.84 Å². The van der Waals surface area contributed by atoms with Crippen LogP contribution < -0.4 is 0 Å². The maximum atomic E-state index is 13.8. The molecule has 4 unspecified atom stereocenters. The van der Waals surface area contributed by atoms with Crippen molar-refractivity contribution < 1.29 is 53.2 Å². The van der Waals surface area contributed by atoms with E-state index in [0.29, 0.717) is 19.3 Å². The van der Waals surface area contributed by atoms with E-state index in [4.69, 9.17) is 18.9 Å². The van der Waals surface area contributed by atoms with Gasteiger partial charge in [0.05, 0.1) is 25.9 Å². The van der Waals surface area contributed by atoms with Crippen molar-refractivity contribution in [3.05, 3.63) is 33.9 Å². The van der Waals surface area contributed by atoms with Crippen molar-refractivity contribution in [2.45, 2.75) is 71.0 Å². The molecule has 4 aliphatic carbocycles. The SMILES string of the molecule is CCOC(=O)O[C@]1(C(=O)COC(=O)OCCCO[N+](=O)[O-])CCC2C3CCC4=CC(=O)C=C[C@]4(C)C3C(O)C[C@@]21C. The second-order valence-corrected chi connectivity index (χ2v) is 11.6. The first-order valence-electron chi connectivity index (χ1n) is 14.0. The van der Waals surface area contributed by atoms with Crippen LogP contribution in [0.3, 0.4) is 0 Å². The van der Waals surface area contributed by atoms with Crippen LogP contribution in [0.1, 0.15) is 59.3 Å². The predicted octanol–water partition coefficient (Wildman–Crippen LogP) is 3.50. The van der Waals surface area contributed by atoms with E-state index in [9.17, 15) is 34.4 Å². The second-order valence-electron chi connectivity index (χ2n) is 11.6. The Bertz CT molecular complexity index is 1150. The summed E-state index contributed by atoms with van der Waals surface area (Å²) in [5.41, 5.74) is -2.22. The van der Waals surface area contributed by atoms with Crippen molar-refractivity contribution >= 4 is 23.9 Å². The molecule has 0 amide bonds. The molecule has 3 fully saturated rings. The molecule has 0 aromatic rings. The van der Waals surface area contributed by atoms with Crippen molar-refractivity contribution in [2.75, 3.05) is 26.4 Å². The van der Waals surface area contributed by atoms with Crippen LogP contribution in [-0.4, -0.2) is 72.2 Å². The molecule has 13 nitrogen and oxygen atoms in total. The summed E-state index contributed by atoms with van der Waals surface area (Å²) < 4.78 is 20.7. The van der Waals surface area contributed by atoms with Crippen molar-refractivity contribution in [3.8, 4) is 0 Å². The second kappa shape index (κ2) is 11.8. The molecule has 226 valence electrons. The molecule has 0 saturated heterocycles. The van der Waals surface area contributed by atoms with Gasteiger partial charge in [0.15, 0.2) is 18.0 Å². The summed E-state index contributed by atoms with van der Waals surface area (Å²) in [5, 5.41) is 20.9. The number of ether oxygens (including phenoxy) is 4. The number of rotatable bonds is 10. The van der Waals surface area contributed by atoms with Crippen LogP contribution in [0, 0.1) is 38.7 Å². The molecule has 7 atom stereocenters. The van der Waals surface area contributed by atoms with E-state index < -0.39 is 52.3 Å². The Kier molecular flexibility index (Phi) is 8.76. The van der Waals surface area contributed by atoms with Crippen LogP contribution in [-0.2, 0) is 33.4 Å². The van der Waals surface area contributed by atoms with E-state index in [0.717, 1.165) is 5.57 Å². The lowest BCUT2D eigenvalue weighted by Crippen LogP contribution is -2.63. The highest BCUT2D eigenvalue weighted by Crippen LogP contribution is 2.68. The molecule has 0 aromatic carbocycles. The van der Waals surface area contributed by atoms with Gasteiger partial charge in [0.2, 0.25) is 5.78 Å². The number of aliphatic hydroxyl groups excluding tert-OH is 1. The third-order valence-electron chi connectivity index (χ3n) is 9.61. The number of hydrogen-bond donors (Lipinski definition) is 1. The van der Waals surface area contributed by atoms with Gasteiger partial charge < -0.3 is 28.9 Å². The van der Waals surface area contributed by atoms with Gasteiger partial charge in [0.1, 0.15) is 0 Å². The normalized spacial score (nSPS) is 35.2. The summed E-state index contributed by atoms with van der Waals surface area (Å²) in [6.45, 7) is 4.26. The van der Waals surface area contributed by atoms with Crippen molar-refractivity contribution in [1.82, 2.24) is 0 Å². The maximum absolute atomic E-state index is 13.8. The number of hydrogen-bond acceptors (Lipinski definition) is 12. The molecule has 41 heavy (non-hydrogen) atoms. The van der Waals surface area contributed by atoms with E-state index in [1.54, 1.807) is 19.1 Å². The number of fused-ring (bicyclic) bond motifs is 5. The van der Waals surface area contributed by atoms with E-state index >= 15 is 0 Å². The summed E-state index contributed by atoms with van der Waals surface area (Å²) in [6, 6.07) is 0. The highest BCUT2D eigenvalue weighted by atomic mass is 16.9. The Morgan fingerprint density at radius 1 is 1.12 bits per heavy atom. The van der Waals surface area contributed by atoms with Gasteiger partial charge in [0.25, 0.3) is 5.09 Å².